The molecule has 0 spiro atoms. The Kier molecular flexibility index (Phi) is 3.92. The molecule has 3 nitrogen and oxygen atoms in total. The Bertz CT molecular complexity index is 367. The van der Waals surface area contributed by atoms with Crippen LogP contribution in [0.3, 0.4) is 0 Å². The Morgan fingerprint density at radius 1 is 1.40 bits per heavy atom. The molecule has 0 bridgehead atoms. The maximum Gasteiger partial charge on any atom is 0.328 e. The van der Waals surface area contributed by atoms with Gasteiger partial charge in [-0.05, 0) is 26.0 Å². The van der Waals surface area contributed by atoms with Crippen molar-refractivity contribution >= 4 is 12.0 Å². The van der Waals surface area contributed by atoms with Crippen molar-refractivity contribution in [3.63, 3.8) is 0 Å². The van der Waals surface area contributed by atoms with E-state index in [1.165, 1.54) is 6.08 Å². The molecule has 1 aromatic rings. The summed E-state index contributed by atoms with van der Waals surface area (Å²) < 4.78 is 5.53. The van der Waals surface area contributed by atoms with Crippen LogP contribution in [0.1, 0.15) is 19.4 Å². The number of aliphatic carboxylic acids is 1. The van der Waals surface area contributed by atoms with Gasteiger partial charge in [-0.15, -0.1) is 0 Å². The fourth-order valence-corrected chi connectivity index (χ4v) is 1.14. The summed E-state index contributed by atoms with van der Waals surface area (Å²) in [6.45, 7) is 3.86. The quantitative estimate of drug-likeness (QED) is 0.770. The lowest BCUT2D eigenvalue weighted by molar-refractivity contribution is -0.131. The SMILES string of the molecule is CC(C)Oc1ccccc1C=CC(=O)O. The van der Waals surface area contributed by atoms with E-state index in [1.807, 2.05) is 38.1 Å². The van der Waals surface area contributed by atoms with Crippen LogP contribution in [-0.4, -0.2) is 17.2 Å². The molecule has 1 rings (SSSR count). The topological polar surface area (TPSA) is 46.5 Å². The summed E-state index contributed by atoms with van der Waals surface area (Å²) in [6, 6.07) is 7.34. The van der Waals surface area contributed by atoms with Gasteiger partial charge in [-0.3, -0.25) is 0 Å². The van der Waals surface area contributed by atoms with E-state index < -0.39 is 5.97 Å². The number of hydrogen-bond acceptors (Lipinski definition) is 2. The van der Waals surface area contributed by atoms with Gasteiger partial charge in [0.05, 0.1) is 6.10 Å². The van der Waals surface area contributed by atoms with Crippen LogP contribution in [0, 0.1) is 0 Å². The fraction of sp³-hybridized carbons (Fsp3) is 0.250. The number of carboxylic acid groups (broad SMARTS) is 1. The Morgan fingerprint density at radius 3 is 2.67 bits per heavy atom. The number of benzene rings is 1. The minimum Gasteiger partial charge on any atom is -0.490 e. The molecular formula is C12H14O3. The van der Waals surface area contributed by atoms with Crippen molar-refractivity contribution in [1.82, 2.24) is 0 Å². The summed E-state index contributed by atoms with van der Waals surface area (Å²) in [4.78, 5) is 10.4. The molecule has 0 amide bonds. The molecular weight excluding hydrogens is 192 g/mol. The van der Waals surface area contributed by atoms with Crippen molar-refractivity contribution in [2.24, 2.45) is 0 Å². The Morgan fingerprint density at radius 2 is 2.07 bits per heavy atom. The maximum absolute atomic E-state index is 10.4. The largest absolute Gasteiger partial charge is 0.490 e. The molecule has 0 atom stereocenters. The van der Waals surface area contributed by atoms with Gasteiger partial charge >= 0.3 is 5.97 Å². The Balaban J connectivity index is 2.91. The smallest absolute Gasteiger partial charge is 0.328 e. The second-order valence-corrected chi connectivity index (χ2v) is 3.38. The lowest BCUT2D eigenvalue weighted by Gasteiger charge is -2.11. The predicted molar refractivity (Wildman–Crippen MR) is 58.9 cm³/mol. The van der Waals surface area contributed by atoms with Crippen LogP contribution < -0.4 is 4.74 Å². The molecule has 0 radical (unpaired) electrons. The fourth-order valence-electron chi connectivity index (χ4n) is 1.14. The molecule has 0 unspecified atom stereocenters. The first-order valence-electron chi connectivity index (χ1n) is 4.76. The van der Waals surface area contributed by atoms with Crippen molar-refractivity contribution < 1.29 is 14.6 Å². The van der Waals surface area contributed by atoms with Crippen LogP contribution in [0.5, 0.6) is 5.75 Å². The third-order valence-corrected chi connectivity index (χ3v) is 1.69. The van der Waals surface area contributed by atoms with Crippen LogP contribution >= 0.6 is 0 Å². The van der Waals surface area contributed by atoms with E-state index in [-0.39, 0.29) is 6.10 Å². The van der Waals surface area contributed by atoms with Gasteiger partial charge in [-0.25, -0.2) is 4.79 Å². The predicted octanol–water partition coefficient (Wildman–Crippen LogP) is 2.57. The number of ether oxygens (including phenoxy) is 1. The number of carboxylic acids is 1. The average Bonchev–Trinajstić information content (AvgIpc) is 2.15. The third-order valence-electron chi connectivity index (χ3n) is 1.69. The number of para-hydroxylation sites is 1. The van der Waals surface area contributed by atoms with Gasteiger partial charge in [-0.2, -0.15) is 0 Å². The zero-order chi connectivity index (χ0) is 11.3. The highest BCUT2D eigenvalue weighted by molar-refractivity contribution is 5.85. The highest BCUT2D eigenvalue weighted by Gasteiger charge is 2.01. The second kappa shape index (κ2) is 5.20. The molecule has 0 heterocycles. The van der Waals surface area contributed by atoms with Crippen molar-refractivity contribution in [3.8, 4) is 5.75 Å². The lowest BCUT2D eigenvalue weighted by Crippen LogP contribution is -2.06. The highest BCUT2D eigenvalue weighted by atomic mass is 16.5. The molecule has 1 N–H and O–H groups in total. The van der Waals surface area contributed by atoms with Crippen molar-refractivity contribution in [3.05, 3.63) is 35.9 Å². The summed E-state index contributed by atoms with van der Waals surface area (Å²) in [6.07, 6.45) is 2.70. The minimum atomic E-state index is -0.964. The first-order valence-corrected chi connectivity index (χ1v) is 4.76. The third kappa shape index (κ3) is 3.85. The van der Waals surface area contributed by atoms with E-state index in [4.69, 9.17) is 9.84 Å². The molecule has 3 heteroatoms. The number of rotatable bonds is 4. The summed E-state index contributed by atoms with van der Waals surface area (Å²) in [5.74, 6) is -0.264. The van der Waals surface area contributed by atoms with E-state index in [1.54, 1.807) is 0 Å². The van der Waals surface area contributed by atoms with E-state index in [2.05, 4.69) is 0 Å². The van der Waals surface area contributed by atoms with Crippen LogP contribution in [0.15, 0.2) is 30.3 Å². The van der Waals surface area contributed by atoms with Crippen molar-refractivity contribution in [2.75, 3.05) is 0 Å². The van der Waals surface area contributed by atoms with Crippen molar-refractivity contribution in [1.29, 1.82) is 0 Å². The van der Waals surface area contributed by atoms with Gasteiger partial charge in [0.2, 0.25) is 0 Å². The van der Waals surface area contributed by atoms with E-state index in [0.29, 0.717) is 5.75 Å². The zero-order valence-electron chi connectivity index (χ0n) is 8.81. The molecule has 0 aliphatic heterocycles. The van der Waals surface area contributed by atoms with E-state index >= 15 is 0 Å². The Hall–Kier alpha value is -1.77. The number of hydrogen-bond donors (Lipinski definition) is 1. The van der Waals surface area contributed by atoms with E-state index in [9.17, 15) is 4.79 Å². The van der Waals surface area contributed by atoms with Crippen LogP contribution in [0.2, 0.25) is 0 Å². The van der Waals surface area contributed by atoms with Gasteiger partial charge in [0.1, 0.15) is 5.75 Å². The van der Waals surface area contributed by atoms with E-state index in [0.717, 1.165) is 11.6 Å². The molecule has 15 heavy (non-hydrogen) atoms. The van der Waals surface area contributed by atoms with Gasteiger partial charge in [0, 0.05) is 11.6 Å². The summed E-state index contributed by atoms with van der Waals surface area (Å²) >= 11 is 0. The summed E-state index contributed by atoms with van der Waals surface area (Å²) in [7, 11) is 0. The number of carbonyl (C=O) groups is 1. The monoisotopic (exact) mass is 206 g/mol. The molecule has 0 saturated carbocycles. The molecule has 0 fully saturated rings. The van der Waals surface area contributed by atoms with Crippen molar-refractivity contribution in [2.45, 2.75) is 20.0 Å². The molecule has 0 aromatic heterocycles. The van der Waals surface area contributed by atoms with Gasteiger partial charge in [0.15, 0.2) is 0 Å². The molecule has 0 aliphatic carbocycles. The summed E-state index contributed by atoms with van der Waals surface area (Å²) in [5.41, 5.74) is 0.772. The average molecular weight is 206 g/mol. The van der Waals surface area contributed by atoms with Gasteiger partial charge in [0.25, 0.3) is 0 Å². The van der Waals surface area contributed by atoms with Gasteiger partial charge < -0.3 is 9.84 Å². The lowest BCUT2D eigenvalue weighted by atomic mass is 10.2. The second-order valence-electron chi connectivity index (χ2n) is 3.38. The normalized spacial score (nSPS) is 10.9. The minimum absolute atomic E-state index is 0.0735. The summed E-state index contributed by atoms with van der Waals surface area (Å²) in [5, 5.41) is 8.52. The standard InChI is InChI=1S/C12H14O3/c1-9(2)15-11-6-4-3-5-10(11)7-8-12(13)14/h3-9H,1-2H3,(H,13,14). The maximum atomic E-state index is 10.4. The highest BCUT2D eigenvalue weighted by Crippen LogP contribution is 2.20. The Labute approximate surface area is 89.0 Å². The molecule has 0 saturated heterocycles. The molecule has 1 aromatic carbocycles. The van der Waals surface area contributed by atoms with Crippen LogP contribution in [0.25, 0.3) is 6.08 Å². The van der Waals surface area contributed by atoms with Crippen LogP contribution in [-0.2, 0) is 4.79 Å². The molecule has 80 valence electrons. The van der Waals surface area contributed by atoms with Gasteiger partial charge in [-0.1, -0.05) is 18.2 Å². The first kappa shape index (κ1) is 11.3. The zero-order valence-corrected chi connectivity index (χ0v) is 8.81. The molecule has 0 aliphatic rings. The first-order chi connectivity index (χ1) is 7.09. The van der Waals surface area contributed by atoms with Crippen LogP contribution in [0.4, 0.5) is 0 Å².